The summed E-state index contributed by atoms with van der Waals surface area (Å²) in [5, 5.41) is 22.4. The van der Waals surface area contributed by atoms with E-state index in [1.165, 1.54) is 23.5 Å². The van der Waals surface area contributed by atoms with Crippen molar-refractivity contribution in [2.45, 2.75) is 28.1 Å². The van der Waals surface area contributed by atoms with E-state index in [0.29, 0.717) is 15.3 Å². The first-order valence-corrected chi connectivity index (χ1v) is 7.47. The molecule has 0 saturated heterocycles. The quantitative estimate of drug-likeness (QED) is 0.674. The summed E-state index contributed by atoms with van der Waals surface area (Å²) in [7, 11) is 0. The first-order chi connectivity index (χ1) is 9.61. The summed E-state index contributed by atoms with van der Waals surface area (Å²) in [6.07, 6.45) is 2.28. The molecule has 2 aromatic rings. The molecule has 104 valence electrons. The Morgan fingerprint density at radius 3 is 2.90 bits per heavy atom. The van der Waals surface area contributed by atoms with Crippen LogP contribution >= 0.6 is 23.1 Å². The third kappa shape index (κ3) is 3.05. The van der Waals surface area contributed by atoms with Crippen LogP contribution < -0.4 is 5.32 Å². The minimum absolute atomic E-state index is 0.264. The number of nitrogens with one attached hydrogen (secondary N) is 1. The molecule has 1 heterocycles. The van der Waals surface area contributed by atoms with E-state index < -0.39 is 10.7 Å². The number of hydrogen-bond acceptors (Lipinski definition) is 7. The molecule has 9 heteroatoms. The summed E-state index contributed by atoms with van der Waals surface area (Å²) in [4.78, 5) is 10.2. The van der Waals surface area contributed by atoms with Crippen molar-refractivity contribution in [3.8, 4) is 0 Å². The molecule has 0 amide bonds. The maximum absolute atomic E-state index is 13.7. The van der Waals surface area contributed by atoms with E-state index in [-0.39, 0.29) is 5.69 Å². The van der Waals surface area contributed by atoms with Gasteiger partial charge in [0.1, 0.15) is 5.82 Å². The van der Waals surface area contributed by atoms with Crippen LogP contribution in [0.2, 0.25) is 0 Å². The van der Waals surface area contributed by atoms with E-state index in [4.69, 9.17) is 0 Å². The highest BCUT2D eigenvalue weighted by atomic mass is 32.2. The highest BCUT2D eigenvalue weighted by Crippen LogP contribution is 2.35. The van der Waals surface area contributed by atoms with Gasteiger partial charge in [-0.1, -0.05) is 23.1 Å². The summed E-state index contributed by atoms with van der Waals surface area (Å²) in [6.45, 7) is 0. The molecular formula is C11H9FN4O2S2. The Balaban J connectivity index is 1.73. The number of nitrogens with zero attached hydrogens (tertiary/aromatic N) is 3. The second kappa shape index (κ2) is 5.33. The van der Waals surface area contributed by atoms with E-state index in [2.05, 4.69) is 15.5 Å². The van der Waals surface area contributed by atoms with Crippen molar-refractivity contribution in [3.63, 3.8) is 0 Å². The molecule has 6 nitrogen and oxygen atoms in total. The largest absolute Gasteiger partial charge is 0.357 e. The van der Waals surface area contributed by atoms with Gasteiger partial charge in [-0.2, -0.15) is 0 Å². The molecule has 0 bridgehead atoms. The van der Waals surface area contributed by atoms with Crippen molar-refractivity contribution in [2.24, 2.45) is 0 Å². The summed E-state index contributed by atoms with van der Waals surface area (Å²) in [6, 6.07) is 4.05. The van der Waals surface area contributed by atoms with Crippen LogP contribution in [0.25, 0.3) is 0 Å². The molecule has 1 aromatic heterocycles. The standard InChI is InChI=1S/C11H9FN4O2S2/c12-8-5-7(16(17)18)3-4-9(8)19-11-15-14-10(20-11)13-6-1-2-6/h3-6H,1-2H2,(H,13,14). The molecule has 1 aliphatic carbocycles. The van der Waals surface area contributed by atoms with Crippen LogP contribution in [0, 0.1) is 15.9 Å². The fourth-order valence-corrected chi connectivity index (χ4v) is 3.28. The second-order valence-electron chi connectivity index (χ2n) is 4.27. The lowest BCUT2D eigenvalue weighted by atomic mass is 10.3. The zero-order valence-electron chi connectivity index (χ0n) is 10.1. The predicted octanol–water partition coefficient (Wildman–Crippen LogP) is 3.31. The van der Waals surface area contributed by atoms with Crippen LogP contribution in [-0.4, -0.2) is 21.2 Å². The summed E-state index contributed by atoms with van der Waals surface area (Å²) >= 11 is 2.45. The lowest BCUT2D eigenvalue weighted by Crippen LogP contribution is -1.99. The molecule has 0 spiro atoms. The van der Waals surface area contributed by atoms with Crippen LogP contribution in [0.5, 0.6) is 0 Å². The minimum Gasteiger partial charge on any atom is -0.357 e. The molecule has 1 aromatic carbocycles. The van der Waals surface area contributed by atoms with E-state index in [1.54, 1.807) is 0 Å². The molecule has 0 unspecified atom stereocenters. The Morgan fingerprint density at radius 1 is 1.45 bits per heavy atom. The van der Waals surface area contributed by atoms with Gasteiger partial charge in [0.2, 0.25) is 5.13 Å². The van der Waals surface area contributed by atoms with Crippen molar-refractivity contribution >= 4 is 33.9 Å². The molecule has 1 saturated carbocycles. The first kappa shape index (κ1) is 13.3. The van der Waals surface area contributed by atoms with Crippen molar-refractivity contribution in [3.05, 3.63) is 34.1 Å². The third-order valence-corrected chi connectivity index (χ3v) is 4.59. The maximum atomic E-state index is 13.7. The fraction of sp³-hybridized carbons (Fsp3) is 0.273. The van der Waals surface area contributed by atoms with Crippen molar-refractivity contribution < 1.29 is 9.31 Å². The van der Waals surface area contributed by atoms with Gasteiger partial charge in [0.25, 0.3) is 5.69 Å². The molecule has 1 N–H and O–H groups in total. The van der Waals surface area contributed by atoms with Crippen molar-refractivity contribution in [1.29, 1.82) is 0 Å². The molecule has 0 radical (unpaired) electrons. The average molecular weight is 312 g/mol. The average Bonchev–Trinajstić information content (AvgIpc) is 3.11. The van der Waals surface area contributed by atoms with Crippen LogP contribution in [0.1, 0.15) is 12.8 Å². The fourth-order valence-electron chi connectivity index (χ4n) is 1.49. The Morgan fingerprint density at radius 2 is 2.25 bits per heavy atom. The Kier molecular flexibility index (Phi) is 3.53. The minimum atomic E-state index is -0.629. The van der Waals surface area contributed by atoms with E-state index in [0.717, 1.165) is 35.8 Å². The number of nitro benzene ring substituents is 1. The zero-order chi connectivity index (χ0) is 14.1. The summed E-state index contributed by atoms with van der Waals surface area (Å²) in [5.74, 6) is -0.629. The molecule has 0 atom stereocenters. The van der Waals surface area contributed by atoms with Gasteiger partial charge in [-0.3, -0.25) is 10.1 Å². The van der Waals surface area contributed by atoms with Crippen LogP contribution in [0.3, 0.4) is 0 Å². The highest BCUT2D eigenvalue weighted by molar-refractivity contribution is 8.01. The van der Waals surface area contributed by atoms with Gasteiger partial charge in [0, 0.05) is 12.1 Å². The SMILES string of the molecule is O=[N+]([O-])c1ccc(Sc2nnc(NC3CC3)s2)c(F)c1. The number of aromatic nitrogens is 2. The van der Waals surface area contributed by atoms with Gasteiger partial charge in [-0.15, -0.1) is 10.2 Å². The second-order valence-corrected chi connectivity index (χ2v) is 6.53. The predicted molar refractivity (Wildman–Crippen MR) is 73.7 cm³/mol. The molecule has 20 heavy (non-hydrogen) atoms. The van der Waals surface area contributed by atoms with Crippen molar-refractivity contribution in [2.75, 3.05) is 5.32 Å². The van der Waals surface area contributed by atoms with Gasteiger partial charge >= 0.3 is 0 Å². The van der Waals surface area contributed by atoms with Gasteiger partial charge in [-0.05, 0) is 18.9 Å². The van der Waals surface area contributed by atoms with Crippen molar-refractivity contribution in [1.82, 2.24) is 10.2 Å². The van der Waals surface area contributed by atoms with Gasteiger partial charge < -0.3 is 5.32 Å². The Labute approximate surface area is 121 Å². The molecular weight excluding hydrogens is 303 g/mol. The van der Waals surface area contributed by atoms with E-state index >= 15 is 0 Å². The lowest BCUT2D eigenvalue weighted by molar-refractivity contribution is -0.385. The molecule has 1 fully saturated rings. The number of halogens is 1. The molecule has 0 aliphatic heterocycles. The lowest BCUT2D eigenvalue weighted by Gasteiger charge is -1.99. The monoisotopic (exact) mass is 312 g/mol. The number of benzene rings is 1. The van der Waals surface area contributed by atoms with Crippen LogP contribution in [0.4, 0.5) is 15.2 Å². The van der Waals surface area contributed by atoms with Gasteiger partial charge in [-0.25, -0.2) is 4.39 Å². The first-order valence-electron chi connectivity index (χ1n) is 5.83. The maximum Gasteiger partial charge on any atom is 0.272 e. The number of anilines is 1. The smallest absolute Gasteiger partial charge is 0.272 e. The molecule has 3 rings (SSSR count). The molecule has 1 aliphatic rings. The number of non-ortho nitro benzene ring substituents is 1. The van der Waals surface area contributed by atoms with Crippen LogP contribution in [0.15, 0.2) is 27.4 Å². The number of nitro groups is 1. The van der Waals surface area contributed by atoms with E-state index in [9.17, 15) is 14.5 Å². The summed E-state index contributed by atoms with van der Waals surface area (Å²) < 4.78 is 14.3. The zero-order valence-corrected chi connectivity index (χ0v) is 11.7. The third-order valence-electron chi connectivity index (χ3n) is 2.63. The topological polar surface area (TPSA) is 81.0 Å². The van der Waals surface area contributed by atoms with E-state index in [1.807, 2.05) is 0 Å². The van der Waals surface area contributed by atoms with Gasteiger partial charge in [0.15, 0.2) is 4.34 Å². The Bertz CT molecular complexity index is 660. The number of rotatable bonds is 5. The number of hydrogen-bond donors (Lipinski definition) is 1. The summed E-state index contributed by atoms with van der Waals surface area (Å²) in [5.41, 5.74) is -0.264. The Hall–Kier alpha value is -1.74. The highest BCUT2D eigenvalue weighted by Gasteiger charge is 2.22. The normalized spacial score (nSPS) is 14.2. The van der Waals surface area contributed by atoms with Crippen LogP contribution in [-0.2, 0) is 0 Å². The van der Waals surface area contributed by atoms with Gasteiger partial charge in [0.05, 0.1) is 15.9 Å².